The van der Waals surface area contributed by atoms with Crippen LogP contribution in [0.15, 0.2) is 0 Å². The van der Waals surface area contributed by atoms with Crippen molar-refractivity contribution in [2.75, 3.05) is 25.5 Å². The Bertz CT molecular complexity index is 288. The first kappa shape index (κ1) is 14.3. The lowest BCUT2D eigenvalue weighted by molar-refractivity contribution is -0.146. The Morgan fingerprint density at radius 1 is 1.53 bits per heavy atom. The number of hydrogen-bond donors (Lipinski definition) is 3. The highest BCUT2D eigenvalue weighted by Gasteiger charge is 2.17. The van der Waals surface area contributed by atoms with Crippen molar-refractivity contribution in [2.45, 2.75) is 13.0 Å². The Morgan fingerprint density at radius 2 is 2.13 bits per heavy atom. The number of aliphatic carboxylic acids is 1. The van der Waals surface area contributed by atoms with Crippen LogP contribution in [-0.4, -0.2) is 56.2 Å². The summed E-state index contributed by atoms with van der Waals surface area (Å²) in [7, 11) is -3.58. The average molecular weight is 241 g/mol. The van der Waals surface area contributed by atoms with Crippen LogP contribution in [-0.2, 0) is 19.6 Å². The van der Waals surface area contributed by atoms with E-state index in [0.29, 0.717) is 6.61 Å². The van der Waals surface area contributed by atoms with Crippen molar-refractivity contribution in [2.24, 2.45) is 0 Å². The number of carbonyl (C=O) groups is 1. The molecule has 0 aromatic heterocycles. The van der Waals surface area contributed by atoms with Gasteiger partial charge in [-0.1, -0.05) is 0 Å². The maximum atomic E-state index is 11.1. The summed E-state index contributed by atoms with van der Waals surface area (Å²) in [5.41, 5.74) is 0. The van der Waals surface area contributed by atoms with Crippen LogP contribution in [0.1, 0.15) is 6.92 Å². The minimum Gasteiger partial charge on any atom is -0.479 e. The number of ether oxygens (including phenoxy) is 1. The molecule has 90 valence electrons. The van der Waals surface area contributed by atoms with Crippen LogP contribution in [0, 0.1) is 0 Å². The van der Waals surface area contributed by atoms with Crippen LogP contribution in [0.25, 0.3) is 0 Å². The molecular weight excluding hydrogens is 226 g/mol. The fourth-order valence-electron chi connectivity index (χ4n) is 0.678. The van der Waals surface area contributed by atoms with Gasteiger partial charge >= 0.3 is 5.97 Å². The Labute approximate surface area is 88.1 Å². The molecule has 0 radical (unpaired) electrons. The van der Waals surface area contributed by atoms with Crippen molar-refractivity contribution >= 4 is 16.0 Å². The Balaban J connectivity index is 3.89. The number of nitrogens with one attached hydrogen (secondary N) is 1. The van der Waals surface area contributed by atoms with Gasteiger partial charge in [-0.25, -0.2) is 17.9 Å². The van der Waals surface area contributed by atoms with Crippen molar-refractivity contribution < 1.29 is 28.2 Å². The maximum Gasteiger partial charge on any atom is 0.333 e. The second-order valence-electron chi connectivity index (χ2n) is 2.72. The molecule has 0 aromatic carbocycles. The molecule has 0 saturated heterocycles. The zero-order valence-electron chi connectivity index (χ0n) is 8.34. The Morgan fingerprint density at radius 3 is 2.60 bits per heavy atom. The Hall–Kier alpha value is -0.700. The largest absolute Gasteiger partial charge is 0.479 e. The molecule has 0 fully saturated rings. The summed E-state index contributed by atoms with van der Waals surface area (Å²) in [5, 5.41) is 17.1. The number of aliphatic hydroxyl groups is 1. The van der Waals surface area contributed by atoms with Crippen LogP contribution in [0.3, 0.4) is 0 Å². The molecule has 1 atom stereocenters. The van der Waals surface area contributed by atoms with Crippen LogP contribution < -0.4 is 4.72 Å². The van der Waals surface area contributed by atoms with Crippen LogP contribution >= 0.6 is 0 Å². The molecule has 0 amide bonds. The van der Waals surface area contributed by atoms with E-state index < -0.39 is 28.6 Å². The standard InChI is InChI=1S/C7H15NO6S/c1-2-14-3-4-15(12,13)8-5-6(9)7(10)11/h6,8-9H,2-5H2,1H3,(H,10,11)/t6-/m0/s1. The first-order valence-corrected chi connectivity index (χ1v) is 6.00. The third kappa shape index (κ3) is 7.25. The van der Waals surface area contributed by atoms with Gasteiger partial charge in [-0.15, -0.1) is 0 Å². The predicted molar refractivity (Wildman–Crippen MR) is 51.9 cm³/mol. The van der Waals surface area contributed by atoms with E-state index >= 15 is 0 Å². The summed E-state index contributed by atoms with van der Waals surface area (Å²) in [6, 6.07) is 0. The molecule has 0 bridgehead atoms. The van der Waals surface area contributed by atoms with E-state index in [-0.39, 0.29) is 12.4 Å². The molecule has 15 heavy (non-hydrogen) atoms. The van der Waals surface area contributed by atoms with E-state index in [9.17, 15) is 13.2 Å². The molecule has 0 rings (SSSR count). The third-order valence-electron chi connectivity index (χ3n) is 1.48. The summed E-state index contributed by atoms with van der Waals surface area (Å²) in [4.78, 5) is 10.2. The summed E-state index contributed by atoms with van der Waals surface area (Å²) < 4.78 is 29.1. The van der Waals surface area contributed by atoms with Crippen molar-refractivity contribution in [3.05, 3.63) is 0 Å². The van der Waals surface area contributed by atoms with Gasteiger partial charge in [0.25, 0.3) is 0 Å². The molecule has 0 aliphatic rings. The van der Waals surface area contributed by atoms with E-state index in [0.717, 1.165) is 0 Å². The number of carboxylic acids is 1. The molecule has 3 N–H and O–H groups in total. The van der Waals surface area contributed by atoms with E-state index in [1.54, 1.807) is 6.92 Å². The summed E-state index contributed by atoms with van der Waals surface area (Å²) in [6.45, 7) is 1.64. The summed E-state index contributed by atoms with van der Waals surface area (Å²) in [6.07, 6.45) is -1.73. The van der Waals surface area contributed by atoms with Gasteiger partial charge in [0.15, 0.2) is 6.10 Å². The van der Waals surface area contributed by atoms with Gasteiger partial charge in [-0.3, -0.25) is 0 Å². The zero-order chi connectivity index (χ0) is 11.9. The normalized spacial score (nSPS) is 13.7. The molecule has 8 heteroatoms. The van der Waals surface area contributed by atoms with Crippen LogP contribution in [0.4, 0.5) is 0 Å². The van der Waals surface area contributed by atoms with Gasteiger partial charge < -0.3 is 14.9 Å². The molecule has 0 spiro atoms. The average Bonchev–Trinajstić information content (AvgIpc) is 2.14. The molecule has 0 aromatic rings. The first-order chi connectivity index (χ1) is 6.89. The number of sulfonamides is 1. The molecular formula is C7H15NO6S. The lowest BCUT2D eigenvalue weighted by atomic mass is 10.4. The Kier molecular flexibility index (Phi) is 6.41. The van der Waals surface area contributed by atoms with Gasteiger partial charge in [-0.05, 0) is 6.92 Å². The molecule has 0 unspecified atom stereocenters. The SMILES string of the molecule is CCOCCS(=O)(=O)NC[C@H](O)C(=O)O. The lowest BCUT2D eigenvalue weighted by Crippen LogP contribution is -2.38. The van der Waals surface area contributed by atoms with Crippen molar-refractivity contribution in [1.82, 2.24) is 4.72 Å². The first-order valence-electron chi connectivity index (χ1n) is 4.35. The van der Waals surface area contributed by atoms with E-state index in [4.69, 9.17) is 14.9 Å². The zero-order valence-corrected chi connectivity index (χ0v) is 9.16. The van der Waals surface area contributed by atoms with Gasteiger partial charge in [0.05, 0.1) is 12.4 Å². The second-order valence-corrected chi connectivity index (χ2v) is 4.64. The van der Waals surface area contributed by atoms with Crippen LogP contribution in [0.2, 0.25) is 0 Å². The predicted octanol–water partition coefficient (Wildman–Crippen LogP) is -1.61. The van der Waals surface area contributed by atoms with Gasteiger partial charge in [0.1, 0.15) is 0 Å². The summed E-state index contributed by atoms with van der Waals surface area (Å²) in [5.74, 6) is -1.73. The lowest BCUT2D eigenvalue weighted by Gasteiger charge is -2.08. The van der Waals surface area contributed by atoms with E-state index in [2.05, 4.69) is 0 Å². The molecule has 0 heterocycles. The smallest absolute Gasteiger partial charge is 0.333 e. The maximum absolute atomic E-state index is 11.1. The fraction of sp³-hybridized carbons (Fsp3) is 0.857. The summed E-state index contributed by atoms with van der Waals surface area (Å²) >= 11 is 0. The monoisotopic (exact) mass is 241 g/mol. The quantitative estimate of drug-likeness (QED) is 0.440. The minimum atomic E-state index is -3.58. The van der Waals surface area contributed by atoms with Crippen molar-refractivity contribution in [1.29, 1.82) is 0 Å². The highest BCUT2D eigenvalue weighted by atomic mass is 32.2. The number of rotatable bonds is 8. The number of carboxylic acid groups (broad SMARTS) is 1. The number of hydrogen-bond acceptors (Lipinski definition) is 5. The number of aliphatic hydroxyl groups excluding tert-OH is 1. The highest BCUT2D eigenvalue weighted by molar-refractivity contribution is 7.89. The third-order valence-corrected chi connectivity index (χ3v) is 2.79. The van der Waals surface area contributed by atoms with Gasteiger partial charge in [0.2, 0.25) is 10.0 Å². The molecule has 0 aliphatic heterocycles. The second kappa shape index (κ2) is 6.72. The molecule has 0 saturated carbocycles. The topological polar surface area (TPSA) is 113 Å². The van der Waals surface area contributed by atoms with Crippen LogP contribution in [0.5, 0.6) is 0 Å². The van der Waals surface area contributed by atoms with E-state index in [1.165, 1.54) is 0 Å². The van der Waals surface area contributed by atoms with Gasteiger partial charge in [-0.2, -0.15) is 0 Å². The molecule has 7 nitrogen and oxygen atoms in total. The van der Waals surface area contributed by atoms with Crippen molar-refractivity contribution in [3.63, 3.8) is 0 Å². The minimum absolute atomic E-state index is 0.0367. The van der Waals surface area contributed by atoms with Crippen molar-refractivity contribution in [3.8, 4) is 0 Å². The fourth-order valence-corrected chi connectivity index (χ4v) is 1.57. The molecule has 0 aliphatic carbocycles. The van der Waals surface area contributed by atoms with E-state index in [1.807, 2.05) is 4.72 Å². The highest BCUT2D eigenvalue weighted by Crippen LogP contribution is 1.88. The van der Waals surface area contributed by atoms with Gasteiger partial charge in [0, 0.05) is 13.2 Å².